The van der Waals surface area contributed by atoms with Crippen LogP contribution in [0.5, 0.6) is 0 Å². The number of aromatic nitrogens is 5. The van der Waals surface area contributed by atoms with Crippen molar-refractivity contribution in [1.29, 1.82) is 0 Å². The summed E-state index contributed by atoms with van der Waals surface area (Å²) in [7, 11) is 0. The molecule has 0 spiro atoms. The number of nitrogens with one attached hydrogen (secondary N) is 3. The first-order chi connectivity index (χ1) is 14.4. The zero-order valence-corrected chi connectivity index (χ0v) is 15.8. The second kappa shape index (κ2) is 6.56. The average Bonchev–Trinajstić information content (AvgIpc) is 3.52. The summed E-state index contributed by atoms with van der Waals surface area (Å²) < 4.78 is 5.26. The molecule has 0 radical (unpaired) electrons. The fourth-order valence-electron chi connectivity index (χ4n) is 4.25. The lowest BCUT2D eigenvalue weighted by Crippen LogP contribution is -2.27. The number of hydrogen-bond donors (Lipinski definition) is 3. The number of imidazole rings is 1. The molecule has 1 aromatic carbocycles. The minimum absolute atomic E-state index is 0.492. The van der Waals surface area contributed by atoms with E-state index in [1.807, 2.05) is 24.4 Å². The van der Waals surface area contributed by atoms with Crippen LogP contribution >= 0.6 is 0 Å². The van der Waals surface area contributed by atoms with Gasteiger partial charge in [-0.3, -0.25) is 10.1 Å². The van der Waals surface area contributed by atoms with Crippen LogP contribution in [0, 0.1) is 0 Å². The maximum atomic E-state index is 5.26. The van der Waals surface area contributed by atoms with Gasteiger partial charge in [0.2, 0.25) is 0 Å². The number of benzene rings is 1. The molecule has 5 aromatic rings. The topological polar surface area (TPSA) is 95.4 Å². The molecular weight excluding hydrogens is 364 g/mol. The van der Waals surface area contributed by atoms with E-state index in [0.29, 0.717) is 5.92 Å². The summed E-state index contributed by atoms with van der Waals surface area (Å²) >= 11 is 0. The summed E-state index contributed by atoms with van der Waals surface area (Å²) in [4.78, 5) is 13.0. The molecule has 29 heavy (non-hydrogen) atoms. The Morgan fingerprint density at radius 1 is 1.07 bits per heavy atom. The second-order valence-electron chi connectivity index (χ2n) is 7.55. The van der Waals surface area contributed by atoms with E-state index in [4.69, 9.17) is 9.40 Å². The average molecular weight is 384 g/mol. The number of furan rings is 1. The van der Waals surface area contributed by atoms with Gasteiger partial charge in [-0.1, -0.05) is 12.1 Å². The van der Waals surface area contributed by atoms with Crippen molar-refractivity contribution in [2.45, 2.75) is 18.8 Å². The minimum atomic E-state index is 0.492. The Morgan fingerprint density at radius 2 is 2.00 bits per heavy atom. The number of piperidine rings is 1. The number of fused-ring (bicyclic) bond motifs is 2. The Kier molecular flexibility index (Phi) is 3.73. The van der Waals surface area contributed by atoms with E-state index < -0.39 is 0 Å². The van der Waals surface area contributed by atoms with Gasteiger partial charge in [0.05, 0.1) is 35.3 Å². The van der Waals surface area contributed by atoms with Gasteiger partial charge >= 0.3 is 0 Å². The first-order valence-corrected chi connectivity index (χ1v) is 9.93. The monoisotopic (exact) mass is 384 g/mol. The van der Waals surface area contributed by atoms with Crippen LogP contribution in [0.2, 0.25) is 0 Å². The predicted molar refractivity (Wildman–Crippen MR) is 112 cm³/mol. The van der Waals surface area contributed by atoms with Gasteiger partial charge in [0, 0.05) is 28.1 Å². The van der Waals surface area contributed by atoms with Gasteiger partial charge in [0.25, 0.3) is 0 Å². The summed E-state index contributed by atoms with van der Waals surface area (Å²) in [5.74, 6) is 1.25. The van der Waals surface area contributed by atoms with Crippen LogP contribution in [0.15, 0.2) is 53.5 Å². The molecule has 0 atom stereocenters. The molecule has 0 amide bonds. The Labute approximate surface area is 166 Å². The molecule has 4 aromatic heterocycles. The van der Waals surface area contributed by atoms with Crippen molar-refractivity contribution in [3.63, 3.8) is 0 Å². The number of hydrogen-bond acceptors (Lipinski definition) is 5. The lowest BCUT2D eigenvalue weighted by Gasteiger charge is -2.21. The van der Waals surface area contributed by atoms with Crippen molar-refractivity contribution in [1.82, 2.24) is 30.5 Å². The Morgan fingerprint density at radius 3 is 2.86 bits per heavy atom. The molecule has 1 aliphatic rings. The van der Waals surface area contributed by atoms with Gasteiger partial charge in [-0.2, -0.15) is 5.10 Å². The third-order valence-corrected chi connectivity index (χ3v) is 5.80. The molecular formula is C22H20N6O. The van der Waals surface area contributed by atoms with Crippen molar-refractivity contribution in [2.75, 3.05) is 13.1 Å². The van der Waals surface area contributed by atoms with Gasteiger partial charge in [-0.25, -0.2) is 4.98 Å². The van der Waals surface area contributed by atoms with Crippen LogP contribution in [0.4, 0.5) is 0 Å². The van der Waals surface area contributed by atoms with E-state index in [-0.39, 0.29) is 0 Å². The van der Waals surface area contributed by atoms with Gasteiger partial charge in [0.1, 0.15) is 5.69 Å². The summed E-state index contributed by atoms with van der Waals surface area (Å²) in [6, 6.07) is 10.2. The molecule has 1 saturated heterocycles. The van der Waals surface area contributed by atoms with Crippen molar-refractivity contribution in [2.24, 2.45) is 0 Å². The zero-order chi connectivity index (χ0) is 19.2. The normalized spacial score (nSPS) is 15.4. The highest BCUT2D eigenvalue weighted by Crippen LogP contribution is 2.33. The number of pyridine rings is 1. The van der Waals surface area contributed by atoms with Gasteiger partial charge in [-0.15, -0.1) is 0 Å². The summed E-state index contributed by atoms with van der Waals surface area (Å²) in [5.41, 5.74) is 6.82. The zero-order valence-electron chi connectivity index (χ0n) is 15.8. The molecule has 5 heterocycles. The quantitative estimate of drug-likeness (QED) is 0.433. The molecule has 7 nitrogen and oxygen atoms in total. The minimum Gasteiger partial charge on any atom is -0.472 e. The maximum Gasteiger partial charge on any atom is 0.159 e. The number of para-hydroxylation sites is 1. The standard InChI is InChI=1S/C22H20N6O/c1-2-15(14-6-9-29-12-14)20-17(3-1)25-22(26-20)21-16-10-18(13-4-7-23-8-5-13)24-11-19(16)27-28-21/h1-3,6,9-13,23H,4-5,7-8H2,(H,25,26)(H,27,28). The number of H-pyrrole nitrogens is 2. The molecule has 0 unspecified atom stereocenters. The Balaban J connectivity index is 1.48. The lowest BCUT2D eigenvalue weighted by molar-refractivity contribution is 0.453. The molecule has 7 heteroatoms. The number of rotatable bonds is 3. The van der Waals surface area contributed by atoms with Crippen LogP contribution in [0.25, 0.3) is 44.6 Å². The van der Waals surface area contributed by atoms with E-state index in [1.54, 1.807) is 12.5 Å². The van der Waals surface area contributed by atoms with Crippen molar-refractivity contribution >= 4 is 21.9 Å². The molecule has 0 saturated carbocycles. The van der Waals surface area contributed by atoms with E-state index in [1.165, 1.54) is 0 Å². The first-order valence-electron chi connectivity index (χ1n) is 9.93. The van der Waals surface area contributed by atoms with Crippen molar-refractivity contribution < 1.29 is 4.42 Å². The van der Waals surface area contributed by atoms with Crippen LogP contribution in [0.3, 0.4) is 0 Å². The summed E-state index contributed by atoms with van der Waals surface area (Å²) in [5, 5.41) is 12.1. The molecule has 1 aliphatic heterocycles. The third kappa shape index (κ3) is 2.74. The SMILES string of the molecule is c1cc(-c2ccoc2)c2nc(-c3n[nH]c4cnc(C5CCNCC5)cc34)[nH]c2c1. The van der Waals surface area contributed by atoms with Crippen LogP contribution < -0.4 is 5.32 Å². The van der Waals surface area contributed by atoms with E-state index >= 15 is 0 Å². The molecule has 1 fully saturated rings. The third-order valence-electron chi connectivity index (χ3n) is 5.80. The van der Waals surface area contributed by atoms with E-state index in [0.717, 1.165) is 76.2 Å². The van der Waals surface area contributed by atoms with Crippen LogP contribution in [-0.4, -0.2) is 38.2 Å². The smallest absolute Gasteiger partial charge is 0.159 e. The van der Waals surface area contributed by atoms with E-state index in [9.17, 15) is 0 Å². The molecule has 0 aliphatic carbocycles. The molecule has 3 N–H and O–H groups in total. The molecule has 144 valence electrons. The van der Waals surface area contributed by atoms with Crippen molar-refractivity contribution in [3.8, 4) is 22.6 Å². The summed E-state index contributed by atoms with van der Waals surface area (Å²) in [6.45, 7) is 2.09. The van der Waals surface area contributed by atoms with E-state index in [2.05, 4.69) is 37.6 Å². The molecule has 6 rings (SSSR count). The van der Waals surface area contributed by atoms with Gasteiger partial charge < -0.3 is 14.7 Å². The van der Waals surface area contributed by atoms with Crippen LogP contribution in [0.1, 0.15) is 24.5 Å². The Bertz CT molecular complexity index is 1290. The maximum absolute atomic E-state index is 5.26. The summed E-state index contributed by atoms with van der Waals surface area (Å²) in [6.07, 6.45) is 7.54. The number of aromatic amines is 2. The van der Waals surface area contributed by atoms with Crippen LogP contribution in [-0.2, 0) is 0 Å². The lowest BCUT2D eigenvalue weighted by atomic mass is 9.93. The van der Waals surface area contributed by atoms with Crippen molar-refractivity contribution in [3.05, 3.63) is 54.7 Å². The largest absolute Gasteiger partial charge is 0.472 e. The van der Waals surface area contributed by atoms with Gasteiger partial charge in [0.15, 0.2) is 5.82 Å². The predicted octanol–water partition coefficient (Wildman–Crippen LogP) is 4.23. The molecule has 0 bridgehead atoms. The number of nitrogens with zero attached hydrogens (tertiary/aromatic N) is 3. The second-order valence-corrected chi connectivity index (χ2v) is 7.55. The first kappa shape index (κ1) is 16.5. The van der Waals surface area contributed by atoms with Gasteiger partial charge in [-0.05, 0) is 44.1 Å². The highest BCUT2D eigenvalue weighted by Gasteiger charge is 2.20. The highest BCUT2D eigenvalue weighted by molar-refractivity contribution is 5.96. The Hall–Kier alpha value is -3.45. The fourth-order valence-corrected chi connectivity index (χ4v) is 4.25. The fraction of sp³-hybridized carbons (Fsp3) is 0.227. The highest BCUT2D eigenvalue weighted by atomic mass is 16.3.